The van der Waals surface area contributed by atoms with Crippen LogP contribution in [-0.4, -0.2) is 30.9 Å². The smallest absolute Gasteiger partial charge is 0.338 e. The van der Waals surface area contributed by atoms with Crippen LogP contribution in [0.4, 0.5) is 0 Å². The molecule has 2 heterocycles. The van der Waals surface area contributed by atoms with Gasteiger partial charge >= 0.3 is 5.97 Å². The Labute approximate surface area is 226 Å². The van der Waals surface area contributed by atoms with Gasteiger partial charge in [0.1, 0.15) is 0 Å². The number of benzene rings is 2. The highest BCUT2D eigenvalue weighted by Gasteiger charge is 2.33. The first-order valence-corrected chi connectivity index (χ1v) is 13.3. The molecule has 0 saturated heterocycles. The van der Waals surface area contributed by atoms with E-state index in [9.17, 15) is 9.59 Å². The molecule has 0 spiro atoms. The number of hydrogen-bond acceptors (Lipinski definition) is 7. The number of hydrogen-bond donors (Lipinski definition) is 0. The van der Waals surface area contributed by atoms with E-state index in [1.807, 2.05) is 56.3 Å². The number of fused-ring (bicyclic) bond motifs is 1. The molecule has 1 atom stereocenters. The summed E-state index contributed by atoms with van der Waals surface area (Å²) in [4.78, 5) is 32.1. The van der Waals surface area contributed by atoms with Gasteiger partial charge in [0.15, 0.2) is 16.3 Å². The number of allylic oxidation sites excluding steroid dienone is 2. The van der Waals surface area contributed by atoms with Gasteiger partial charge in [-0.25, -0.2) is 9.79 Å². The van der Waals surface area contributed by atoms with E-state index in [0.29, 0.717) is 45.1 Å². The van der Waals surface area contributed by atoms with Gasteiger partial charge in [0.25, 0.3) is 5.56 Å². The molecule has 0 unspecified atom stereocenters. The lowest BCUT2D eigenvalue weighted by atomic mass is 9.95. The van der Waals surface area contributed by atoms with Gasteiger partial charge in [-0.1, -0.05) is 47.2 Å². The maximum Gasteiger partial charge on any atom is 0.338 e. The molecule has 38 heavy (non-hydrogen) atoms. The second-order valence-electron chi connectivity index (χ2n) is 8.85. The zero-order valence-electron chi connectivity index (χ0n) is 22.4. The van der Waals surface area contributed by atoms with E-state index < -0.39 is 12.0 Å². The summed E-state index contributed by atoms with van der Waals surface area (Å²) in [5.74, 6) is 0.782. The van der Waals surface area contributed by atoms with Gasteiger partial charge in [-0.2, -0.15) is 0 Å². The minimum atomic E-state index is -0.640. The predicted octanol–water partition coefficient (Wildman–Crippen LogP) is 4.24. The van der Waals surface area contributed by atoms with Crippen LogP contribution in [0.2, 0.25) is 0 Å². The molecule has 0 bridgehead atoms. The summed E-state index contributed by atoms with van der Waals surface area (Å²) in [6.45, 7) is 12.0. The van der Waals surface area contributed by atoms with E-state index in [1.54, 1.807) is 31.6 Å². The Bertz CT molecular complexity index is 1580. The number of carbonyl (C=O) groups is 1. The summed E-state index contributed by atoms with van der Waals surface area (Å²) in [5, 5.41) is 0. The van der Waals surface area contributed by atoms with Crippen LogP contribution in [0.5, 0.6) is 11.5 Å². The minimum absolute atomic E-state index is 0.229. The summed E-state index contributed by atoms with van der Waals surface area (Å²) in [6.07, 6.45) is 4.21. The van der Waals surface area contributed by atoms with E-state index in [-0.39, 0.29) is 12.2 Å². The molecule has 0 aliphatic carbocycles. The van der Waals surface area contributed by atoms with Crippen LogP contribution in [0.1, 0.15) is 49.1 Å². The van der Waals surface area contributed by atoms with Crippen LogP contribution in [-0.2, 0) is 16.0 Å². The number of aromatic nitrogens is 1. The number of carbonyl (C=O) groups excluding carboxylic acids is 1. The number of aryl methyl sites for hydroxylation is 1. The summed E-state index contributed by atoms with van der Waals surface area (Å²) < 4.78 is 18.9. The number of methoxy groups -OCH3 is 1. The SMILES string of the molecule is C=CCc1cc(/C=c2/sc3n(c2=O)[C@H](c2ccc(C)cc2)C(C(=O)OCC)=C(C)N=3)cc(OC)c1OCC. The average Bonchev–Trinajstić information content (AvgIpc) is 3.19. The Hall–Kier alpha value is -3.91. The molecule has 1 aromatic heterocycles. The molecule has 0 amide bonds. The van der Waals surface area contributed by atoms with Gasteiger partial charge in [-0.3, -0.25) is 9.36 Å². The molecule has 1 aliphatic rings. The minimum Gasteiger partial charge on any atom is -0.493 e. The predicted molar refractivity (Wildman–Crippen MR) is 150 cm³/mol. The summed E-state index contributed by atoms with van der Waals surface area (Å²) in [6, 6.07) is 11.0. The van der Waals surface area contributed by atoms with Crippen molar-refractivity contribution in [1.82, 2.24) is 4.57 Å². The lowest BCUT2D eigenvalue weighted by molar-refractivity contribution is -0.139. The normalized spacial score (nSPS) is 15.1. The molecule has 8 heteroatoms. The van der Waals surface area contributed by atoms with Crippen molar-refractivity contribution in [2.75, 3.05) is 20.3 Å². The fourth-order valence-electron chi connectivity index (χ4n) is 4.54. The molecule has 0 saturated carbocycles. The lowest BCUT2D eigenvalue weighted by Gasteiger charge is -2.24. The van der Waals surface area contributed by atoms with Crippen LogP contribution in [0.25, 0.3) is 6.08 Å². The van der Waals surface area contributed by atoms with Gasteiger partial charge in [-0.05, 0) is 63.5 Å². The van der Waals surface area contributed by atoms with Gasteiger partial charge in [0.2, 0.25) is 0 Å². The molecule has 4 rings (SSSR count). The topological polar surface area (TPSA) is 79.1 Å². The molecule has 1 aliphatic heterocycles. The molecule has 0 fully saturated rings. The number of nitrogens with zero attached hydrogens (tertiary/aromatic N) is 2. The van der Waals surface area contributed by atoms with E-state index in [1.165, 1.54) is 11.3 Å². The second kappa shape index (κ2) is 11.6. The van der Waals surface area contributed by atoms with Crippen LogP contribution in [0, 0.1) is 6.92 Å². The van der Waals surface area contributed by atoms with E-state index in [4.69, 9.17) is 14.2 Å². The van der Waals surface area contributed by atoms with Crippen molar-refractivity contribution in [3.8, 4) is 11.5 Å². The van der Waals surface area contributed by atoms with E-state index in [0.717, 1.165) is 22.3 Å². The maximum absolute atomic E-state index is 13.9. The number of ether oxygens (including phenoxy) is 3. The van der Waals surface area contributed by atoms with Gasteiger partial charge in [0, 0.05) is 5.56 Å². The molecular weight excluding hydrogens is 500 g/mol. The first-order valence-electron chi connectivity index (χ1n) is 12.5. The van der Waals surface area contributed by atoms with Crippen molar-refractivity contribution in [2.45, 2.75) is 40.2 Å². The van der Waals surface area contributed by atoms with Crippen LogP contribution >= 0.6 is 11.3 Å². The number of esters is 1. The summed E-state index contributed by atoms with van der Waals surface area (Å²) >= 11 is 1.29. The molecule has 198 valence electrons. The van der Waals surface area contributed by atoms with Crippen molar-refractivity contribution >= 4 is 23.4 Å². The third-order valence-electron chi connectivity index (χ3n) is 6.23. The molecular formula is C30H32N2O5S. The fraction of sp³-hybridized carbons (Fsp3) is 0.300. The van der Waals surface area contributed by atoms with Gasteiger partial charge in [0.05, 0.1) is 42.2 Å². The highest BCUT2D eigenvalue weighted by Crippen LogP contribution is 2.34. The van der Waals surface area contributed by atoms with Crippen LogP contribution in [0.3, 0.4) is 0 Å². The Kier molecular flexibility index (Phi) is 8.32. The fourth-order valence-corrected chi connectivity index (χ4v) is 5.59. The molecule has 0 N–H and O–H groups in total. The van der Waals surface area contributed by atoms with Crippen molar-refractivity contribution in [3.05, 3.63) is 102 Å². The van der Waals surface area contributed by atoms with Gasteiger partial charge < -0.3 is 14.2 Å². The first kappa shape index (κ1) is 27.1. The number of rotatable bonds is 9. The quantitative estimate of drug-likeness (QED) is 0.304. The van der Waals surface area contributed by atoms with E-state index in [2.05, 4.69) is 11.6 Å². The molecule has 3 aromatic rings. The largest absolute Gasteiger partial charge is 0.493 e. The third kappa shape index (κ3) is 5.22. The standard InChI is InChI=1S/C30H32N2O5S/c1-7-10-22-15-20(16-23(35-6)27(22)36-8-2)17-24-28(33)32-26(21-13-11-18(4)12-14-21)25(29(34)37-9-3)19(5)31-30(32)38-24/h7,11-17,26H,1,8-10H2,2-6H3/b24-17+/t26-/m1/s1. The highest BCUT2D eigenvalue weighted by molar-refractivity contribution is 7.07. The Morgan fingerprint density at radius 2 is 1.89 bits per heavy atom. The lowest BCUT2D eigenvalue weighted by Crippen LogP contribution is -2.39. The zero-order chi connectivity index (χ0) is 27.4. The molecule has 0 radical (unpaired) electrons. The Morgan fingerprint density at radius 3 is 2.53 bits per heavy atom. The summed E-state index contributed by atoms with van der Waals surface area (Å²) in [7, 11) is 1.59. The van der Waals surface area contributed by atoms with Crippen LogP contribution < -0.4 is 24.4 Å². The van der Waals surface area contributed by atoms with Crippen LogP contribution in [0.15, 0.2) is 70.1 Å². The van der Waals surface area contributed by atoms with Crippen molar-refractivity contribution in [1.29, 1.82) is 0 Å². The molecule has 7 nitrogen and oxygen atoms in total. The first-order chi connectivity index (χ1) is 18.3. The van der Waals surface area contributed by atoms with E-state index >= 15 is 0 Å². The van der Waals surface area contributed by atoms with Gasteiger partial charge in [-0.15, -0.1) is 6.58 Å². The molecule has 2 aromatic carbocycles. The Balaban J connectivity index is 1.93. The Morgan fingerprint density at radius 1 is 1.16 bits per heavy atom. The average molecular weight is 533 g/mol. The highest BCUT2D eigenvalue weighted by atomic mass is 32.1. The number of thiazole rings is 1. The van der Waals surface area contributed by atoms with Crippen molar-refractivity contribution in [3.63, 3.8) is 0 Å². The zero-order valence-corrected chi connectivity index (χ0v) is 23.2. The summed E-state index contributed by atoms with van der Waals surface area (Å²) in [5.41, 5.74) is 4.28. The van der Waals surface area contributed by atoms with Crippen molar-refractivity contribution in [2.24, 2.45) is 4.99 Å². The maximum atomic E-state index is 13.9. The second-order valence-corrected chi connectivity index (χ2v) is 9.86. The van der Waals surface area contributed by atoms with Crippen molar-refractivity contribution < 1.29 is 19.0 Å². The third-order valence-corrected chi connectivity index (χ3v) is 7.22. The monoisotopic (exact) mass is 532 g/mol.